The maximum atomic E-state index is 11.5. The molecule has 10 heteroatoms. The lowest BCUT2D eigenvalue weighted by atomic mass is 10.1. The number of carbonyl (C=O) groups is 2. The number of imidazole rings is 1. The molecule has 1 aliphatic rings. The third-order valence-corrected chi connectivity index (χ3v) is 6.85. The fourth-order valence-corrected chi connectivity index (χ4v) is 4.71. The number of carbonyl (C=O) groups excluding carboxylic acids is 1. The predicted octanol–water partition coefficient (Wildman–Crippen LogP) is 4.79. The number of hydrogen-bond donors (Lipinski definition) is 4. The molecule has 3 amide bonds. The average Bonchev–Trinajstić information content (AvgIpc) is 3.39. The topological polar surface area (TPSA) is 123 Å². The molecule has 202 valence electrons. The number of benzene rings is 3. The van der Waals surface area contributed by atoms with Gasteiger partial charge in [-0.25, -0.2) is 19.9 Å². The van der Waals surface area contributed by atoms with Crippen molar-refractivity contribution in [3.8, 4) is 17.1 Å². The molecule has 0 radical (unpaired) electrons. The number of piperazine rings is 1. The fourth-order valence-electron chi connectivity index (χ4n) is 4.71. The van der Waals surface area contributed by atoms with Gasteiger partial charge in [0.05, 0.1) is 11.2 Å². The number of fused-ring (bicyclic) bond motifs is 1. The Bertz CT molecular complexity index is 1430. The Kier molecular flexibility index (Phi) is 7.93. The average molecular weight is 529 g/mol. The summed E-state index contributed by atoms with van der Waals surface area (Å²) in [6.45, 7) is 7.18. The standard InChI is InChI=1S/C29H32N6O4/c1-2-20-6-8-21(9-7-20)27-31-24-4-3-5-25(26(24)32-27)35-16-14-34(15-17-35)18-19-39-23-12-10-22(11-13-23)30-28(36)33-29(37)38/h3-13H,2,14-19H2,1H3,(H,31,32)(H,37,38)(H2,30,33,36). The Hall–Kier alpha value is -4.57. The maximum absolute atomic E-state index is 11.5. The molecule has 1 aliphatic heterocycles. The summed E-state index contributed by atoms with van der Waals surface area (Å²) < 4.78 is 5.87. The molecule has 4 N–H and O–H groups in total. The number of para-hydroxylation sites is 1. The Morgan fingerprint density at radius 3 is 2.44 bits per heavy atom. The smallest absolute Gasteiger partial charge is 0.412 e. The second kappa shape index (κ2) is 11.9. The number of rotatable bonds is 8. The van der Waals surface area contributed by atoms with Crippen molar-refractivity contribution in [2.75, 3.05) is 49.5 Å². The molecular weight excluding hydrogens is 496 g/mol. The van der Waals surface area contributed by atoms with Crippen LogP contribution in [0.3, 0.4) is 0 Å². The van der Waals surface area contributed by atoms with E-state index in [-0.39, 0.29) is 0 Å². The predicted molar refractivity (Wildman–Crippen MR) is 152 cm³/mol. The largest absolute Gasteiger partial charge is 0.492 e. The van der Waals surface area contributed by atoms with Gasteiger partial charge in [-0.3, -0.25) is 4.90 Å². The second-order valence-corrected chi connectivity index (χ2v) is 9.39. The van der Waals surface area contributed by atoms with Crippen molar-refractivity contribution in [1.82, 2.24) is 20.2 Å². The van der Waals surface area contributed by atoms with Crippen LogP contribution in [0.15, 0.2) is 66.7 Å². The maximum Gasteiger partial charge on any atom is 0.412 e. The number of anilines is 2. The van der Waals surface area contributed by atoms with Crippen molar-refractivity contribution >= 4 is 34.5 Å². The molecule has 10 nitrogen and oxygen atoms in total. The summed E-state index contributed by atoms with van der Waals surface area (Å²) in [7, 11) is 0. The van der Waals surface area contributed by atoms with Gasteiger partial charge in [-0.15, -0.1) is 0 Å². The fraction of sp³-hybridized carbons (Fsp3) is 0.276. The summed E-state index contributed by atoms with van der Waals surface area (Å²) in [5.74, 6) is 1.58. The van der Waals surface area contributed by atoms with Crippen molar-refractivity contribution in [3.63, 3.8) is 0 Å². The van der Waals surface area contributed by atoms with E-state index in [9.17, 15) is 9.59 Å². The molecule has 1 saturated heterocycles. The monoisotopic (exact) mass is 528 g/mol. The normalized spacial score (nSPS) is 13.8. The molecule has 0 saturated carbocycles. The van der Waals surface area contributed by atoms with Crippen molar-refractivity contribution in [2.45, 2.75) is 13.3 Å². The van der Waals surface area contributed by atoms with Crippen molar-refractivity contribution < 1.29 is 19.4 Å². The van der Waals surface area contributed by atoms with E-state index in [0.717, 1.165) is 67.3 Å². The first-order valence-electron chi connectivity index (χ1n) is 13.1. The van der Waals surface area contributed by atoms with E-state index in [2.05, 4.69) is 69.5 Å². The van der Waals surface area contributed by atoms with E-state index in [4.69, 9.17) is 14.8 Å². The zero-order valence-corrected chi connectivity index (χ0v) is 21.8. The van der Waals surface area contributed by atoms with Crippen LogP contribution in [0, 0.1) is 0 Å². The lowest BCUT2D eigenvalue weighted by molar-refractivity contribution is 0.194. The third-order valence-electron chi connectivity index (χ3n) is 6.85. The number of nitrogens with zero attached hydrogens (tertiary/aromatic N) is 3. The Labute approximate surface area is 226 Å². The van der Waals surface area contributed by atoms with Crippen LogP contribution in [0.25, 0.3) is 22.4 Å². The molecule has 4 aromatic rings. The molecule has 5 rings (SSSR count). The number of hydrogen-bond acceptors (Lipinski definition) is 6. The minimum Gasteiger partial charge on any atom is -0.492 e. The number of aromatic nitrogens is 2. The molecule has 0 unspecified atom stereocenters. The molecule has 0 aliphatic carbocycles. The number of carboxylic acid groups (broad SMARTS) is 1. The van der Waals surface area contributed by atoms with Gasteiger partial charge in [0, 0.05) is 44.0 Å². The summed E-state index contributed by atoms with van der Waals surface area (Å²) >= 11 is 0. The van der Waals surface area contributed by atoms with E-state index in [1.54, 1.807) is 29.6 Å². The molecule has 39 heavy (non-hydrogen) atoms. The van der Waals surface area contributed by atoms with Crippen LogP contribution in [-0.2, 0) is 6.42 Å². The van der Waals surface area contributed by atoms with Crippen LogP contribution >= 0.6 is 0 Å². The highest BCUT2D eigenvalue weighted by Crippen LogP contribution is 2.29. The van der Waals surface area contributed by atoms with Crippen LogP contribution in [-0.4, -0.2) is 71.4 Å². The molecule has 1 aromatic heterocycles. The van der Waals surface area contributed by atoms with Gasteiger partial charge in [-0.2, -0.15) is 0 Å². The van der Waals surface area contributed by atoms with Crippen molar-refractivity contribution in [2.24, 2.45) is 0 Å². The van der Waals surface area contributed by atoms with Crippen molar-refractivity contribution in [3.05, 3.63) is 72.3 Å². The summed E-state index contributed by atoms with van der Waals surface area (Å²) in [6.07, 6.45) is -0.388. The number of aryl methyl sites for hydroxylation is 1. The molecule has 0 atom stereocenters. The number of imide groups is 1. The first kappa shape index (κ1) is 26.1. The summed E-state index contributed by atoms with van der Waals surface area (Å²) in [6, 6.07) is 20.9. The summed E-state index contributed by atoms with van der Waals surface area (Å²) in [5.41, 5.74) is 6.08. The summed E-state index contributed by atoms with van der Waals surface area (Å²) in [4.78, 5) is 35.2. The molecule has 0 bridgehead atoms. The SMILES string of the molecule is CCc1ccc(-c2nc3c(N4CCN(CCOc5ccc(NC(=O)NC(=O)O)cc5)CC4)cccc3[nH]2)cc1. The zero-order valence-electron chi connectivity index (χ0n) is 21.8. The minimum atomic E-state index is -1.41. The summed E-state index contributed by atoms with van der Waals surface area (Å²) in [5, 5.41) is 12.8. The molecule has 1 fully saturated rings. The van der Waals surface area contributed by atoms with Gasteiger partial charge in [0.15, 0.2) is 0 Å². The van der Waals surface area contributed by atoms with E-state index in [1.165, 1.54) is 5.56 Å². The van der Waals surface area contributed by atoms with Crippen LogP contribution < -0.4 is 20.3 Å². The lowest BCUT2D eigenvalue weighted by Crippen LogP contribution is -2.47. The lowest BCUT2D eigenvalue weighted by Gasteiger charge is -2.36. The highest BCUT2D eigenvalue weighted by atomic mass is 16.5. The van der Waals surface area contributed by atoms with Gasteiger partial charge < -0.3 is 25.0 Å². The Balaban J connectivity index is 1.12. The first-order valence-corrected chi connectivity index (χ1v) is 13.1. The van der Waals surface area contributed by atoms with E-state index >= 15 is 0 Å². The Morgan fingerprint density at radius 2 is 1.74 bits per heavy atom. The first-order chi connectivity index (χ1) is 19.0. The van der Waals surface area contributed by atoms with Gasteiger partial charge in [0.25, 0.3) is 0 Å². The Morgan fingerprint density at radius 1 is 1.00 bits per heavy atom. The molecular formula is C29H32N6O4. The number of H-pyrrole nitrogens is 1. The van der Waals surface area contributed by atoms with Crippen LogP contribution in [0.1, 0.15) is 12.5 Å². The van der Waals surface area contributed by atoms with Crippen LogP contribution in [0.4, 0.5) is 21.0 Å². The van der Waals surface area contributed by atoms with Crippen LogP contribution in [0.5, 0.6) is 5.75 Å². The van der Waals surface area contributed by atoms with Crippen LogP contribution in [0.2, 0.25) is 0 Å². The van der Waals surface area contributed by atoms with Gasteiger partial charge in [0.2, 0.25) is 0 Å². The number of amides is 3. The van der Waals surface area contributed by atoms with E-state index in [1.807, 2.05) is 0 Å². The third kappa shape index (κ3) is 6.47. The van der Waals surface area contributed by atoms with Gasteiger partial charge in [-0.1, -0.05) is 37.3 Å². The molecule has 3 aromatic carbocycles. The molecule has 0 spiro atoms. The quantitative estimate of drug-likeness (QED) is 0.259. The number of aromatic amines is 1. The van der Waals surface area contributed by atoms with Gasteiger partial charge in [0.1, 0.15) is 23.7 Å². The highest BCUT2D eigenvalue weighted by molar-refractivity contribution is 5.98. The minimum absolute atomic E-state index is 0.477. The number of nitrogens with one attached hydrogen (secondary N) is 3. The van der Waals surface area contributed by atoms with E-state index < -0.39 is 12.1 Å². The highest BCUT2D eigenvalue weighted by Gasteiger charge is 2.20. The molecule has 2 heterocycles. The van der Waals surface area contributed by atoms with Gasteiger partial charge in [-0.05, 0) is 48.4 Å². The second-order valence-electron chi connectivity index (χ2n) is 9.39. The van der Waals surface area contributed by atoms with E-state index in [0.29, 0.717) is 18.0 Å². The van der Waals surface area contributed by atoms with Crippen molar-refractivity contribution in [1.29, 1.82) is 0 Å². The van der Waals surface area contributed by atoms with Gasteiger partial charge >= 0.3 is 12.1 Å². The number of ether oxygens (including phenoxy) is 1. The zero-order chi connectivity index (χ0) is 27.2. The number of urea groups is 1.